The molecule has 2 aromatic rings. The summed E-state index contributed by atoms with van der Waals surface area (Å²) < 4.78 is 10.4. The summed E-state index contributed by atoms with van der Waals surface area (Å²) in [6.45, 7) is 5.81. The highest BCUT2D eigenvalue weighted by Gasteiger charge is 2.09. The van der Waals surface area contributed by atoms with Crippen molar-refractivity contribution in [2.45, 2.75) is 39.0 Å². The van der Waals surface area contributed by atoms with E-state index in [1.165, 1.54) is 24.8 Å². The lowest BCUT2D eigenvalue weighted by Gasteiger charge is -2.07. The van der Waals surface area contributed by atoms with Crippen molar-refractivity contribution in [3.63, 3.8) is 0 Å². The molecule has 0 saturated heterocycles. The fraction of sp³-hybridized carbons (Fsp3) is 0.304. The number of hydrogen-bond donors (Lipinski definition) is 0. The number of unbranched alkanes of at least 4 members (excludes halogenated alkanes) is 2. The number of aryl methyl sites for hydroxylation is 1. The number of carbonyl (C=O) groups is 2. The fourth-order valence-corrected chi connectivity index (χ4v) is 2.61. The lowest BCUT2D eigenvalue weighted by atomic mass is 10.1. The third-order valence-electron chi connectivity index (χ3n) is 4.19. The number of hydrogen-bond acceptors (Lipinski definition) is 4. The third kappa shape index (κ3) is 7.10. The molecular weight excluding hydrogens is 340 g/mol. The van der Waals surface area contributed by atoms with Gasteiger partial charge in [0.25, 0.3) is 0 Å². The van der Waals surface area contributed by atoms with Crippen molar-refractivity contribution in [3.8, 4) is 5.75 Å². The Kier molecular flexibility index (Phi) is 8.30. The number of benzene rings is 2. The van der Waals surface area contributed by atoms with Crippen LogP contribution >= 0.6 is 0 Å². The van der Waals surface area contributed by atoms with Crippen molar-refractivity contribution >= 4 is 11.9 Å². The van der Waals surface area contributed by atoms with Crippen LogP contribution in [0.1, 0.15) is 47.7 Å². The summed E-state index contributed by atoms with van der Waals surface area (Å²) in [4.78, 5) is 23.3. The lowest BCUT2D eigenvalue weighted by Crippen LogP contribution is -2.09. The Morgan fingerprint density at radius 1 is 0.926 bits per heavy atom. The van der Waals surface area contributed by atoms with Crippen LogP contribution in [-0.4, -0.2) is 18.5 Å². The van der Waals surface area contributed by atoms with Gasteiger partial charge in [-0.2, -0.15) is 0 Å². The first kappa shape index (κ1) is 20.4. The zero-order chi connectivity index (χ0) is 19.5. The Morgan fingerprint density at radius 3 is 2.19 bits per heavy atom. The number of esters is 2. The molecule has 0 aliphatic heterocycles. The minimum absolute atomic E-state index is 0.277. The highest BCUT2D eigenvalue weighted by Crippen LogP contribution is 2.16. The molecule has 142 valence electrons. The Labute approximate surface area is 160 Å². The maximum absolute atomic E-state index is 12.3. The monoisotopic (exact) mass is 366 g/mol. The van der Waals surface area contributed by atoms with Crippen LogP contribution < -0.4 is 4.74 Å². The van der Waals surface area contributed by atoms with E-state index in [9.17, 15) is 9.59 Å². The van der Waals surface area contributed by atoms with Gasteiger partial charge in [0.05, 0.1) is 12.2 Å². The van der Waals surface area contributed by atoms with Crippen LogP contribution in [0, 0.1) is 0 Å². The molecule has 0 bridgehead atoms. The number of rotatable bonds is 10. The zero-order valence-electron chi connectivity index (χ0n) is 15.8. The summed E-state index contributed by atoms with van der Waals surface area (Å²) in [5.74, 6) is -0.287. The van der Waals surface area contributed by atoms with E-state index in [4.69, 9.17) is 9.47 Å². The molecule has 0 spiro atoms. The van der Waals surface area contributed by atoms with Gasteiger partial charge in [-0.25, -0.2) is 9.59 Å². The van der Waals surface area contributed by atoms with Crippen LogP contribution in [0.15, 0.2) is 61.2 Å². The second-order valence-electron chi connectivity index (χ2n) is 6.31. The second-order valence-corrected chi connectivity index (χ2v) is 6.31. The van der Waals surface area contributed by atoms with Gasteiger partial charge >= 0.3 is 11.9 Å². The van der Waals surface area contributed by atoms with Crippen LogP contribution in [0.5, 0.6) is 5.75 Å². The Balaban J connectivity index is 1.84. The smallest absolute Gasteiger partial charge is 0.343 e. The average molecular weight is 366 g/mol. The molecule has 2 aromatic carbocycles. The molecule has 0 aromatic heterocycles. The molecule has 0 radical (unpaired) electrons. The summed E-state index contributed by atoms with van der Waals surface area (Å²) in [6, 6.07) is 14.8. The van der Waals surface area contributed by atoms with Gasteiger partial charge in [0.15, 0.2) is 0 Å². The van der Waals surface area contributed by atoms with E-state index in [2.05, 4.69) is 13.5 Å². The molecule has 0 fully saturated rings. The van der Waals surface area contributed by atoms with Gasteiger partial charge in [-0.15, -0.1) is 0 Å². The average Bonchev–Trinajstić information content (AvgIpc) is 2.70. The van der Waals surface area contributed by atoms with Crippen LogP contribution in [0.4, 0.5) is 0 Å². The summed E-state index contributed by atoms with van der Waals surface area (Å²) in [5.41, 5.74) is 2.71. The fourth-order valence-electron chi connectivity index (χ4n) is 2.61. The van der Waals surface area contributed by atoms with E-state index in [1.807, 2.05) is 36.4 Å². The largest absolute Gasteiger partial charge is 0.462 e. The molecule has 0 atom stereocenters. The zero-order valence-corrected chi connectivity index (χ0v) is 15.8. The normalized spacial score (nSPS) is 10.3. The molecule has 4 heteroatoms. The van der Waals surface area contributed by atoms with Crippen molar-refractivity contribution in [2.24, 2.45) is 0 Å². The molecule has 0 aliphatic carbocycles. The third-order valence-corrected chi connectivity index (χ3v) is 4.19. The summed E-state index contributed by atoms with van der Waals surface area (Å²) in [7, 11) is 0. The molecule has 27 heavy (non-hydrogen) atoms. The van der Waals surface area contributed by atoms with E-state index in [1.54, 1.807) is 12.1 Å². The maximum atomic E-state index is 12.3. The standard InChI is InChI=1S/C23H26O4/c1-3-5-6-7-18-10-14-21(15-11-18)27-23(25)20-12-8-19(9-13-20)16-17-26-22(24)4-2/h4,8-15H,2-3,5-7,16-17H2,1H3. The van der Waals surface area contributed by atoms with Crippen molar-refractivity contribution in [2.75, 3.05) is 6.61 Å². The van der Waals surface area contributed by atoms with E-state index in [-0.39, 0.29) is 6.61 Å². The van der Waals surface area contributed by atoms with E-state index in [0.717, 1.165) is 18.1 Å². The van der Waals surface area contributed by atoms with Crippen molar-refractivity contribution in [1.29, 1.82) is 0 Å². The van der Waals surface area contributed by atoms with Gasteiger partial charge in [-0.3, -0.25) is 0 Å². The molecule has 0 N–H and O–H groups in total. The predicted molar refractivity (Wildman–Crippen MR) is 106 cm³/mol. The number of carbonyl (C=O) groups excluding carboxylic acids is 2. The number of ether oxygens (including phenoxy) is 2. The summed E-state index contributed by atoms with van der Waals surface area (Å²) in [6.07, 6.45) is 6.36. The lowest BCUT2D eigenvalue weighted by molar-refractivity contribution is -0.137. The van der Waals surface area contributed by atoms with Crippen molar-refractivity contribution in [1.82, 2.24) is 0 Å². The van der Waals surface area contributed by atoms with Crippen molar-refractivity contribution < 1.29 is 19.1 Å². The quantitative estimate of drug-likeness (QED) is 0.259. The first-order valence-electron chi connectivity index (χ1n) is 9.31. The predicted octanol–water partition coefficient (Wildman–Crippen LogP) is 4.91. The van der Waals surface area contributed by atoms with E-state index < -0.39 is 11.9 Å². The Morgan fingerprint density at radius 2 is 1.56 bits per heavy atom. The Bertz CT molecular complexity index is 745. The van der Waals surface area contributed by atoms with Gasteiger partial charge in [-0.05, 0) is 48.2 Å². The maximum Gasteiger partial charge on any atom is 0.343 e. The van der Waals surface area contributed by atoms with Crippen LogP contribution in [0.25, 0.3) is 0 Å². The van der Waals surface area contributed by atoms with E-state index >= 15 is 0 Å². The van der Waals surface area contributed by atoms with Crippen LogP contribution in [0.2, 0.25) is 0 Å². The second kappa shape index (κ2) is 11.0. The summed E-state index contributed by atoms with van der Waals surface area (Å²) in [5, 5.41) is 0. The molecule has 0 amide bonds. The molecule has 0 aliphatic rings. The van der Waals surface area contributed by atoms with E-state index in [0.29, 0.717) is 17.7 Å². The molecule has 0 unspecified atom stereocenters. The minimum atomic E-state index is -0.438. The van der Waals surface area contributed by atoms with Gasteiger partial charge in [0.2, 0.25) is 0 Å². The van der Waals surface area contributed by atoms with Crippen LogP contribution in [0.3, 0.4) is 0 Å². The minimum Gasteiger partial charge on any atom is -0.462 e. The highest BCUT2D eigenvalue weighted by molar-refractivity contribution is 5.91. The Hall–Kier alpha value is -2.88. The molecule has 4 nitrogen and oxygen atoms in total. The molecule has 0 heterocycles. The topological polar surface area (TPSA) is 52.6 Å². The first-order valence-corrected chi connectivity index (χ1v) is 9.31. The summed E-state index contributed by atoms with van der Waals surface area (Å²) >= 11 is 0. The van der Waals surface area contributed by atoms with Gasteiger partial charge in [0, 0.05) is 12.5 Å². The molecule has 2 rings (SSSR count). The van der Waals surface area contributed by atoms with Crippen molar-refractivity contribution in [3.05, 3.63) is 77.9 Å². The van der Waals surface area contributed by atoms with Crippen LogP contribution in [-0.2, 0) is 22.4 Å². The first-order chi connectivity index (χ1) is 13.1. The van der Waals surface area contributed by atoms with Gasteiger partial charge in [-0.1, -0.05) is 50.6 Å². The molecule has 0 saturated carbocycles. The van der Waals surface area contributed by atoms with Gasteiger partial charge in [0.1, 0.15) is 5.75 Å². The molecular formula is C23H26O4. The van der Waals surface area contributed by atoms with Gasteiger partial charge < -0.3 is 9.47 Å². The SMILES string of the molecule is C=CC(=O)OCCc1ccc(C(=O)Oc2ccc(CCCCC)cc2)cc1. The highest BCUT2D eigenvalue weighted by atomic mass is 16.5.